The second-order valence-corrected chi connectivity index (χ2v) is 1.77. The van der Waals surface area contributed by atoms with Crippen molar-refractivity contribution in [3.8, 4) is 0 Å². The third-order valence-electron chi connectivity index (χ3n) is 0.737. The zero-order chi connectivity index (χ0) is 4.83. The van der Waals surface area contributed by atoms with Crippen LogP contribution in [0.1, 0.15) is 26.2 Å². The molecule has 0 aliphatic heterocycles. The van der Waals surface area contributed by atoms with Crippen molar-refractivity contribution in [2.75, 3.05) is 5.88 Å². The van der Waals surface area contributed by atoms with Gasteiger partial charge in [-0.25, -0.2) is 0 Å². The molecule has 0 atom stereocenters. The molecule has 0 fully saturated rings. The SMILES string of the molecule is CCCCCCl.S. The van der Waals surface area contributed by atoms with Crippen molar-refractivity contribution in [3.63, 3.8) is 0 Å². The molecule has 0 unspecified atom stereocenters. The Morgan fingerprint density at radius 2 is 1.86 bits per heavy atom. The minimum Gasteiger partial charge on any atom is -0.197 e. The predicted molar refractivity (Wildman–Crippen MR) is 40.6 cm³/mol. The van der Waals surface area contributed by atoms with Crippen molar-refractivity contribution in [2.45, 2.75) is 26.2 Å². The van der Waals surface area contributed by atoms with Gasteiger partial charge in [-0.05, 0) is 6.42 Å². The highest BCUT2D eigenvalue weighted by Gasteiger charge is 1.76. The summed E-state index contributed by atoms with van der Waals surface area (Å²) >= 11 is 5.38. The quantitative estimate of drug-likeness (QED) is 0.418. The molecule has 0 nitrogen and oxygen atoms in total. The van der Waals surface area contributed by atoms with Gasteiger partial charge in [0.25, 0.3) is 0 Å². The molecule has 0 saturated carbocycles. The minimum atomic E-state index is 0. The van der Waals surface area contributed by atoms with E-state index in [1.807, 2.05) is 0 Å². The van der Waals surface area contributed by atoms with E-state index in [9.17, 15) is 0 Å². The lowest BCUT2D eigenvalue weighted by Crippen LogP contribution is -1.70. The van der Waals surface area contributed by atoms with Crippen molar-refractivity contribution in [3.05, 3.63) is 0 Å². The summed E-state index contributed by atoms with van der Waals surface area (Å²) in [6.07, 6.45) is 3.73. The van der Waals surface area contributed by atoms with E-state index >= 15 is 0 Å². The third kappa shape index (κ3) is 10.8. The van der Waals surface area contributed by atoms with Gasteiger partial charge in [0, 0.05) is 5.88 Å². The lowest BCUT2D eigenvalue weighted by molar-refractivity contribution is 0.776. The van der Waals surface area contributed by atoms with Crippen LogP contribution in [0, 0.1) is 0 Å². The van der Waals surface area contributed by atoms with Gasteiger partial charge < -0.3 is 0 Å². The van der Waals surface area contributed by atoms with Gasteiger partial charge in [0.1, 0.15) is 0 Å². The van der Waals surface area contributed by atoms with Crippen molar-refractivity contribution >= 4 is 25.1 Å². The molecule has 2 heteroatoms. The van der Waals surface area contributed by atoms with Crippen LogP contribution in [0.4, 0.5) is 0 Å². The third-order valence-corrected chi connectivity index (χ3v) is 1.00. The normalized spacial score (nSPS) is 7.71. The second-order valence-electron chi connectivity index (χ2n) is 1.40. The molecule has 0 aromatic heterocycles. The number of unbranched alkanes of at least 4 members (excludes halogenated alkanes) is 2. The van der Waals surface area contributed by atoms with E-state index in [4.69, 9.17) is 11.6 Å². The first-order chi connectivity index (χ1) is 2.91. The molecule has 0 aromatic rings. The van der Waals surface area contributed by atoms with Crippen molar-refractivity contribution in [1.82, 2.24) is 0 Å². The molecule has 0 radical (unpaired) electrons. The molecule has 0 aliphatic carbocycles. The van der Waals surface area contributed by atoms with Crippen LogP contribution < -0.4 is 0 Å². The highest BCUT2D eigenvalue weighted by atomic mass is 35.5. The molecule has 0 heterocycles. The molecular weight excluding hydrogens is 128 g/mol. The number of rotatable bonds is 3. The fraction of sp³-hybridized carbons (Fsp3) is 1.00. The second kappa shape index (κ2) is 9.81. The summed E-state index contributed by atoms with van der Waals surface area (Å²) in [6, 6.07) is 0. The first-order valence-corrected chi connectivity index (χ1v) is 3.01. The molecule has 0 saturated heterocycles. The molecule has 7 heavy (non-hydrogen) atoms. The Balaban J connectivity index is 0. The van der Waals surface area contributed by atoms with E-state index in [1.54, 1.807) is 0 Å². The van der Waals surface area contributed by atoms with E-state index in [1.165, 1.54) is 19.3 Å². The van der Waals surface area contributed by atoms with Crippen LogP contribution in [0.3, 0.4) is 0 Å². The Labute approximate surface area is 57.7 Å². The van der Waals surface area contributed by atoms with Gasteiger partial charge in [0.05, 0.1) is 0 Å². The van der Waals surface area contributed by atoms with Crippen molar-refractivity contribution in [2.24, 2.45) is 0 Å². The monoisotopic (exact) mass is 140 g/mol. The smallest absolute Gasteiger partial charge is 0.0223 e. The average Bonchev–Trinajstić information content (AvgIpc) is 1.61. The van der Waals surface area contributed by atoms with Crippen molar-refractivity contribution in [1.29, 1.82) is 0 Å². The number of halogens is 1. The Bertz CT molecular complexity index is 20.0. The van der Waals surface area contributed by atoms with Gasteiger partial charge in [0.15, 0.2) is 0 Å². The zero-order valence-corrected chi connectivity index (χ0v) is 6.46. The van der Waals surface area contributed by atoms with Gasteiger partial charge in [-0.2, -0.15) is 13.5 Å². The van der Waals surface area contributed by atoms with Gasteiger partial charge >= 0.3 is 0 Å². The maximum atomic E-state index is 5.38. The van der Waals surface area contributed by atoms with E-state index in [0.717, 1.165) is 5.88 Å². The molecular formula is C5H13ClS. The number of hydrogen-bond donors (Lipinski definition) is 0. The summed E-state index contributed by atoms with van der Waals surface area (Å²) in [7, 11) is 0. The van der Waals surface area contributed by atoms with Crippen LogP contribution in [0.25, 0.3) is 0 Å². The largest absolute Gasteiger partial charge is 0.197 e. The van der Waals surface area contributed by atoms with Gasteiger partial charge in [-0.3, -0.25) is 0 Å². The van der Waals surface area contributed by atoms with Crippen LogP contribution in [0.5, 0.6) is 0 Å². The van der Waals surface area contributed by atoms with Gasteiger partial charge in [-0.1, -0.05) is 19.8 Å². The summed E-state index contributed by atoms with van der Waals surface area (Å²) < 4.78 is 0. The van der Waals surface area contributed by atoms with Crippen LogP contribution in [-0.4, -0.2) is 5.88 Å². The fourth-order valence-electron chi connectivity index (χ4n) is 0.344. The Kier molecular flexibility index (Phi) is 14.8. The zero-order valence-electron chi connectivity index (χ0n) is 4.71. The van der Waals surface area contributed by atoms with E-state index in [0.29, 0.717) is 0 Å². The highest BCUT2D eigenvalue weighted by molar-refractivity contribution is 7.59. The maximum absolute atomic E-state index is 5.38. The van der Waals surface area contributed by atoms with Gasteiger partial charge in [0.2, 0.25) is 0 Å². The van der Waals surface area contributed by atoms with E-state index in [2.05, 4.69) is 6.92 Å². The predicted octanol–water partition coefficient (Wildman–Crippen LogP) is 2.53. The molecule has 0 spiro atoms. The summed E-state index contributed by atoms with van der Waals surface area (Å²) in [6.45, 7) is 2.17. The Hall–Kier alpha value is 0.640. The standard InChI is InChI=1S/C5H11Cl.H2S/c1-2-3-4-5-6;/h2-5H2,1H3;1H2. The topological polar surface area (TPSA) is 0 Å². The first kappa shape index (κ1) is 10.6. The van der Waals surface area contributed by atoms with E-state index in [-0.39, 0.29) is 13.5 Å². The van der Waals surface area contributed by atoms with Crippen LogP contribution in [-0.2, 0) is 0 Å². The molecule has 0 amide bonds. The Morgan fingerprint density at radius 3 is 2.00 bits per heavy atom. The lowest BCUT2D eigenvalue weighted by atomic mass is 10.3. The Morgan fingerprint density at radius 1 is 1.29 bits per heavy atom. The van der Waals surface area contributed by atoms with Gasteiger partial charge in [-0.15, -0.1) is 11.6 Å². The molecule has 0 bridgehead atoms. The van der Waals surface area contributed by atoms with Crippen LogP contribution in [0.15, 0.2) is 0 Å². The fourth-order valence-corrected chi connectivity index (χ4v) is 0.533. The number of alkyl halides is 1. The maximum Gasteiger partial charge on any atom is 0.0223 e. The molecule has 0 aromatic carbocycles. The molecule has 46 valence electrons. The lowest BCUT2D eigenvalue weighted by Gasteiger charge is -1.84. The molecule has 0 aliphatic rings. The number of hydrogen-bond acceptors (Lipinski definition) is 0. The molecule has 0 N–H and O–H groups in total. The summed E-state index contributed by atoms with van der Waals surface area (Å²) in [4.78, 5) is 0. The molecule has 0 rings (SSSR count). The van der Waals surface area contributed by atoms with Crippen molar-refractivity contribution < 1.29 is 0 Å². The summed E-state index contributed by atoms with van der Waals surface area (Å²) in [5, 5.41) is 0. The van der Waals surface area contributed by atoms with Crippen LogP contribution in [0.2, 0.25) is 0 Å². The summed E-state index contributed by atoms with van der Waals surface area (Å²) in [5.74, 6) is 0.827. The minimum absolute atomic E-state index is 0. The van der Waals surface area contributed by atoms with E-state index < -0.39 is 0 Å². The summed E-state index contributed by atoms with van der Waals surface area (Å²) in [5.41, 5.74) is 0. The average molecular weight is 141 g/mol. The highest BCUT2D eigenvalue weighted by Crippen LogP contribution is 1.93. The van der Waals surface area contributed by atoms with Crippen LogP contribution >= 0.6 is 25.1 Å². The first-order valence-electron chi connectivity index (χ1n) is 2.47.